The van der Waals surface area contributed by atoms with E-state index >= 15 is 0 Å². The molecule has 0 amide bonds. The molecule has 0 unspecified atom stereocenters. The van der Waals surface area contributed by atoms with Crippen molar-refractivity contribution in [2.75, 3.05) is 5.72 Å². The van der Waals surface area contributed by atoms with Crippen molar-refractivity contribution in [1.82, 2.24) is 20.6 Å². The second kappa shape index (κ2) is 0.925. The Hall–Kier alpha value is -1.13. The fourth-order valence-electron chi connectivity index (χ4n) is 0.157. The van der Waals surface area contributed by atoms with Gasteiger partial charge >= 0.3 is 0 Å². The first kappa shape index (κ1) is 1.55. The number of nitrogens with two attached hydrogens (primary N) is 1. The van der Waals surface area contributed by atoms with Crippen molar-refractivity contribution in [2.24, 2.45) is 0 Å². The Morgan fingerprint density at radius 1 is 2.00 bits per heavy atom. The number of rotatable bonds is 1. The lowest BCUT2D eigenvalue weighted by molar-refractivity contribution is 0.881. The number of aromatic amines is 1. The van der Waals surface area contributed by atoms with E-state index in [2.05, 4.69) is 20.6 Å². The van der Waals surface area contributed by atoms with Crippen LogP contribution in [0, 0.1) is 0 Å². The van der Waals surface area contributed by atoms with E-state index in [0.717, 1.165) is 0 Å². The molecule has 32 valence electrons. The van der Waals surface area contributed by atoms with E-state index in [1.54, 1.807) is 0 Å². The molecule has 0 aliphatic carbocycles. The van der Waals surface area contributed by atoms with Crippen LogP contribution in [-0.4, -0.2) is 20.6 Å². The molecule has 0 aliphatic heterocycles. The van der Waals surface area contributed by atoms with Crippen molar-refractivity contribution in [3.63, 3.8) is 0 Å². The van der Waals surface area contributed by atoms with Gasteiger partial charge in [-0.1, -0.05) is 5.10 Å². The number of aromatic nitrogens is 4. The molecule has 5 heteroatoms. The summed E-state index contributed by atoms with van der Waals surface area (Å²) in [4.78, 5) is 0. The van der Waals surface area contributed by atoms with Crippen LogP contribution in [0.2, 0.25) is 2.82 Å². The smallest absolute Gasteiger partial charge is 0.260 e. The van der Waals surface area contributed by atoms with E-state index in [9.17, 15) is 0 Å². The zero-order valence-electron chi connectivity index (χ0n) is 4.79. The number of anilines is 1. The van der Waals surface area contributed by atoms with Crippen LogP contribution in [0.1, 0.15) is 0 Å². The SMILES string of the molecule is [2H]N([2H])c1nn[nH]n1. The Morgan fingerprint density at radius 2 is 3.00 bits per heavy atom. The van der Waals surface area contributed by atoms with Crippen molar-refractivity contribution >= 4 is 5.95 Å². The fourth-order valence-corrected chi connectivity index (χ4v) is 0.157. The average molecular weight is 87.1 g/mol. The van der Waals surface area contributed by atoms with Gasteiger partial charge in [-0.25, -0.2) is 0 Å². The van der Waals surface area contributed by atoms with Crippen LogP contribution in [0.4, 0.5) is 5.95 Å². The summed E-state index contributed by atoms with van der Waals surface area (Å²) in [6.45, 7) is 0. The molecule has 6 heavy (non-hydrogen) atoms. The highest BCUT2D eigenvalue weighted by Gasteiger charge is 1.78. The molecule has 5 nitrogen and oxygen atoms in total. The van der Waals surface area contributed by atoms with E-state index in [1.807, 2.05) is 0 Å². The highest BCUT2D eigenvalue weighted by Crippen LogP contribution is 1.72. The predicted octanol–water partition coefficient (Wildman–Crippen LogP) is -1.22. The molecule has 0 spiro atoms. The number of nitrogens with zero attached hydrogens (tertiary/aromatic N) is 3. The summed E-state index contributed by atoms with van der Waals surface area (Å²) in [6.07, 6.45) is 0. The Labute approximate surface area is 36.5 Å². The molecule has 0 atom stereocenters. The van der Waals surface area contributed by atoms with Crippen LogP contribution in [0.25, 0.3) is 0 Å². The second-order valence-corrected chi connectivity index (χ2v) is 0.712. The lowest BCUT2D eigenvalue weighted by Crippen LogP contribution is -1.84. The van der Waals surface area contributed by atoms with Crippen LogP contribution in [-0.2, 0) is 0 Å². The van der Waals surface area contributed by atoms with Gasteiger partial charge in [-0.3, -0.25) is 0 Å². The van der Waals surface area contributed by atoms with Crippen molar-refractivity contribution in [3.8, 4) is 0 Å². The lowest BCUT2D eigenvalue weighted by Gasteiger charge is -1.62. The average Bonchev–Trinajstić information content (AvgIpc) is 2.12. The summed E-state index contributed by atoms with van der Waals surface area (Å²) in [7, 11) is 0. The summed E-state index contributed by atoms with van der Waals surface area (Å²) in [5.41, 5.74) is 0.267. The van der Waals surface area contributed by atoms with Crippen molar-refractivity contribution in [2.45, 2.75) is 0 Å². The molecule has 1 aromatic rings. The lowest BCUT2D eigenvalue weighted by atomic mass is 11.2. The number of nitrogen functional groups attached to an aromatic ring is 1. The van der Waals surface area contributed by atoms with Crippen molar-refractivity contribution in [1.29, 1.82) is 0 Å². The maximum absolute atomic E-state index is 6.55. The van der Waals surface area contributed by atoms with Gasteiger partial charge in [0.05, 0.1) is 0 Å². The molecule has 1 rings (SSSR count). The molecule has 0 aromatic carbocycles. The minimum atomic E-state index is -0.0648. The Bertz CT molecular complexity index is 145. The molecule has 0 saturated heterocycles. The fraction of sp³-hybridized carbons (Fsp3) is 0. The Morgan fingerprint density at radius 3 is 3.33 bits per heavy atom. The Balaban J connectivity index is 2.77. The molecular weight excluding hydrogens is 82.0 g/mol. The van der Waals surface area contributed by atoms with Crippen molar-refractivity contribution in [3.05, 3.63) is 0 Å². The minimum Gasteiger partial charge on any atom is -0.365 e. The van der Waals surface area contributed by atoms with Gasteiger partial charge in [0.1, 0.15) is 0 Å². The largest absolute Gasteiger partial charge is 0.365 e. The van der Waals surface area contributed by atoms with Crippen LogP contribution in [0.15, 0.2) is 0 Å². The van der Waals surface area contributed by atoms with Crippen LogP contribution in [0.5, 0.6) is 0 Å². The summed E-state index contributed by atoms with van der Waals surface area (Å²) in [5.74, 6) is -0.0648. The first-order valence-electron chi connectivity index (χ1n) is 2.21. The molecule has 1 heterocycles. The van der Waals surface area contributed by atoms with Gasteiger partial charge in [0, 0.05) is 0 Å². The summed E-state index contributed by atoms with van der Waals surface area (Å²) in [5, 5.41) is 11.9. The van der Waals surface area contributed by atoms with E-state index in [4.69, 9.17) is 2.82 Å². The standard InChI is InChI=1S/CH3N5/c2-1-3-5-6-4-1/h(H3,2,3,4,5,6)/i/hD2. The molecule has 3 N–H and O–H groups in total. The number of H-pyrrole nitrogens is 1. The third-order valence-corrected chi connectivity index (χ3v) is 0.334. The molecule has 0 fully saturated rings. The van der Waals surface area contributed by atoms with E-state index in [1.165, 1.54) is 0 Å². The number of hydrogen-bond donors (Lipinski definition) is 2. The zero-order valence-corrected chi connectivity index (χ0v) is 2.79. The summed E-state index contributed by atoms with van der Waals surface area (Å²) >= 11 is 0. The van der Waals surface area contributed by atoms with Gasteiger partial charge in [-0.05, 0) is 5.21 Å². The number of hydrogen-bond acceptors (Lipinski definition) is 4. The summed E-state index contributed by atoms with van der Waals surface area (Å²) < 4.78 is 13.1. The van der Waals surface area contributed by atoms with Crippen LogP contribution >= 0.6 is 0 Å². The first-order chi connectivity index (χ1) is 3.80. The van der Waals surface area contributed by atoms with E-state index in [-0.39, 0.29) is 11.7 Å². The van der Waals surface area contributed by atoms with Gasteiger partial charge in [-0.15, -0.1) is 5.10 Å². The third-order valence-electron chi connectivity index (χ3n) is 0.334. The number of nitrogens with one attached hydrogen (secondary N) is 1. The summed E-state index contributed by atoms with van der Waals surface area (Å²) in [6, 6.07) is 0. The number of tetrazole rings is 1. The topological polar surface area (TPSA) is 80.5 Å². The molecule has 0 saturated carbocycles. The van der Waals surface area contributed by atoms with Crippen LogP contribution in [0.3, 0.4) is 0 Å². The second-order valence-electron chi connectivity index (χ2n) is 0.712. The molecular formula is CH3N5. The maximum Gasteiger partial charge on any atom is 0.260 e. The van der Waals surface area contributed by atoms with Gasteiger partial charge in [-0.2, -0.15) is 5.21 Å². The Kier molecular flexibility index (Phi) is 0.238. The molecule has 1 aromatic heterocycles. The molecule has 0 radical (unpaired) electrons. The van der Waals surface area contributed by atoms with Gasteiger partial charge in [0.15, 0.2) is 2.82 Å². The molecule has 0 bridgehead atoms. The quantitative estimate of drug-likeness (QED) is 0.450. The highest BCUT2D eigenvalue weighted by molar-refractivity contribution is 5.05. The monoisotopic (exact) mass is 87.1 g/mol. The van der Waals surface area contributed by atoms with Gasteiger partial charge in [0.2, 0.25) is 0 Å². The normalized spacial score (nSPS) is 12.7. The van der Waals surface area contributed by atoms with Gasteiger partial charge in [0.25, 0.3) is 5.95 Å². The van der Waals surface area contributed by atoms with E-state index < -0.39 is 0 Å². The van der Waals surface area contributed by atoms with Crippen molar-refractivity contribution < 1.29 is 2.82 Å². The zero-order chi connectivity index (χ0) is 5.98. The molecule has 0 aliphatic rings. The van der Waals surface area contributed by atoms with E-state index in [0.29, 0.717) is 0 Å². The van der Waals surface area contributed by atoms with Gasteiger partial charge < -0.3 is 5.72 Å². The first-order valence-corrected chi connectivity index (χ1v) is 1.32. The minimum absolute atomic E-state index is 0.0648. The maximum atomic E-state index is 6.55. The van der Waals surface area contributed by atoms with Crippen LogP contribution < -0.4 is 5.72 Å². The predicted molar refractivity (Wildman–Crippen MR) is 18.6 cm³/mol. The third kappa shape index (κ3) is 0.291. The highest BCUT2D eigenvalue weighted by atomic mass is 15.5.